The van der Waals surface area contributed by atoms with Crippen molar-refractivity contribution in [1.82, 2.24) is 5.32 Å². The number of primary sulfonamides is 1. The monoisotopic (exact) mass is 257 g/mol. The van der Waals surface area contributed by atoms with E-state index < -0.39 is 10.0 Å². The molecule has 94 valence electrons. The van der Waals surface area contributed by atoms with Crippen LogP contribution in [0.15, 0.2) is 23.1 Å². The molecule has 0 aliphatic heterocycles. The number of urea groups is 1. The molecule has 0 atom stereocenters. The molecule has 17 heavy (non-hydrogen) atoms. The maximum absolute atomic E-state index is 11.3. The molecule has 0 heterocycles. The van der Waals surface area contributed by atoms with E-state index in [2.05, 4.69) is 10.6 Å². The van der Waals surface area contributed by atoms with Crippen LogP contribution in [0.3, 0.4) is 0 Å². The molecular formula is C10H15N3O3S. The van der Waals surface area contributed by atoms with Gasteiger partial charge >= 0.3 is 6.03 Å². The van der Waals surface area contributed by atoms with Crippen LogP contribution in [0.2, 0.25) is 0 Å². The molecule has 0 bridgehead atoms. The van der Waals surface area contributed by atoms with E-state index in [1.54, 1.807) is 19.9 Å². The van der Waals surface area contributed by atoms with Gasteiger partial charge in [-0.15, -0.1) is 0 Å². The van der Waals surface area contributed by atoms with Gasteiger partial charge in [0.25, 0.3) is 0 Å². The summed E-state index contributed by atoms with van der Waals surface area (Å²) in [5, 5.41) is 10.1. The molecule has 0 aliphatic rings. The number of aryl methyl sites for hydroxylation is 1. The zero-order valence-electron chi connectivity index (χ0n) is 9.65. The summed E-state index contributed by atoms with van der Waals surface area (Å²) < 4.78 is 22.3. The normalized spacial score (nSPS) is 11.0. The fourth-order valence-electron chi connectivity index (χ4n) is 1.24. The van der Waals surface area contributed by atoms with Crippen molar-refractivity contribution in [2.45, 2.75) is 18.7 Å². The molecule has 0 aliphatic carbocycles. The van der Waals surface area contributed by atoms with Crippen molar-refractivity contribution < 1.29 is 13.2 Å². The molecule has 0 radical (unpaired) electrons. The first-order chi connectivity index (χ1) is 7.84. The van der Waals surface area contributed by atoms with Gasteiger partial charge in [-0.3, -0.25) is 0 Å². The van der Waals surface area contributed by atoms with Crippen molar-refractivity contribution in [2.24, 2.45) is 5.14 Å². The van der Waals surface area contributed by atoms with E-state index in [0.717, 1.165) is 5.56 Å². The van der Waals surface area contributed by atoms with Gasteiger partial charge < -0.3 is 10.6 Å². The lowest BCUT2D eigenvalue weighted by atomic mass is 10.2. The van der Waals surface area contributed by atoms with E-state index in [1.807, 2.05) is 0 Å². The number of nitrogens with one attached hydrogen (secondary N) is 2. The van der Waals surface area contributed by atoms with E-state index in [1.165, 1.54) is 12.1 Å². The highest BCUT2D eigenvalue weighted by Gasteiger charge is 2.11. The first kappa shape index (κ1) is 13.5. The van der Waals surface area contributed by atoms with Crippen LogP contribution < -0.4 is 15.8 Å². The third-order valence-electron chi connectivity index (χ3n) is 2.12. The molecule has 0 spiro atoms. The van der Waals surface area contributed by atoms with Crippen molar-refractivity contribution in [3.05, 3.63) is 23.8 Å². The third kappa shape index (κ3) is 3.72. The second-order valence-electron chi connectivity index (χ2n) is 3.51. The van der Waals surface area contributed by atoms with Crippen LogP contribution in [0, 0.1) is 6.92 Å². The van der Waals surface area contributed by atoms with E-state index in [-0.39, 0.29) is 10.9 Å². The molecule has 0 saturated carbocycles. The summed E-state index contributed by atoms with van der Waals surface area (Å²) in [4.78, 5) is 11.3. The van der Waals surface area contributed by atoms with Gasteiger partial charge in [-0.05, 0) is 31.5 Å². The molecular weight excluding hydrogens is 242 g/mol. The molecule has 6 nitrogen and oxygen atoms in total. The topological polar surface area (TPSA) is 101 Å². The number of hydrogen-bond donors (Lipinski definition) is 3. The maximum atomic E-state index is 11.3. The van der Waals surface area contributed by atoms with Crippen LogP contribution in [0.1, 0.15) is 12.5 Å². The van der Waals surface area contributed by atoms with Crippen molar-refractivity contribution in [2.75, 3.05) is 11.9 Å². The highest BCUT2D eigenvalue weighted by atomic mass is 32.2. The predicted molar refractivity (Wildman–Crippen MR) is 65.2 cm³/mol. The van der Waals surface area contributed by atoms with Crippen molar-refractivity contribution in [1.29, 1.82) is 0 Å². The summed E-state index contributed by atoms with van der Waals surface area (Å²) in [6, 6.07) is 3.93. The van der Waals surface area contributed by atoms with Gasteiger partial charge in [-0.2, -0.15) is 0 Å². The second kappa shape index (κ2) is 5.15. The van der Waals surface area contributed by atoms with Crippen LogP contribution in [-0.4, -0.2) is 21.0 Å². The number of benzene rings is 1. The van der Waals surface area contributed by atoms with Crippen LogP contribution in [-0.2, 0) is 10.0 Å². The zero-order chi connectivity index (χ0) is 13.1. The van der Waals surface area contributed by atoms with Crippen molar-refractivity contribution in [3.63, 3.8) is 0 Å². The summed E-state index contributed by atoms with van der Waals surface area (Å²) in [7, 11) is -3.76. The van der Waals surface area contributed by atoms with Crippen molar-refractivity contribution >= 4 is 21.7 Å². The number of amides is 2. The van der Waals surface area contributed by atoms with Gasteiger partial charge in [0.15, 0.2) is 0 Å². The Kier molecular flexibility index (Phi) is 4.08. The lowest BCUT2D eigenvalue weighted by molar-refractivity contribution is 0.252. The van der Waals surface area contributed by atoms with Crippen LogP contribution >= 0.6 is 0 Å². The molecule has 2 amide bonds. The van der Waals surface area contributed by atoms with E-state index in [9.17, 15) is 13.2 Å². The molecule has 4 N–H and O–H groups in total. The molecule has 1 aromatic carbocycles. The first-order valence-electron chi connectivity index (χ1n) is 5.03. The number of carbonyl (C=O) groups is 1. The molecule has 0 fully saturated rings. The smallest absolute Gasteiger partial charge is 0.319 e. The van der Waals surface area contributed by atoms with Gasteiger partial charge in [0.1, 0.15) is 0 Å². The fraction of sp³-hybridized carbons (Fsp3) is 0.300. The van der Waals surface area contributed by atoms with Crippen molar-refractivity contribution in [3.8, 4) is 0 Å². The number of carbonyl (C=O) groups excluding carboxylic acids is 1. The Morgan fingerprint density at radius 2 is 2.06 bits per heavy atom. The average Bonchev–Trinajstić information content (AvgIpc) is 2.20. The Bertz CT molecular complexity index is 526. The number of sulfonamides is 1. The Morgan fingerprint density at radius 3 is 2.59 bits per heavy atom. The minimum atomic E-state index is -3.76. The van der Waals surface area contributed by atoms with E-state index in [4.69, 9.17) is 5.14 Å². The fourth-order valence-corrected chi connectivity index (χ4v) is 1.78. The SMILES string of the molecule is CCNC(=O)Nc1cc(S(N)(=O)=O)ccc1C. The summed E-state index contributed by atoms with van der Waals surface area (Å²) >= 11 is 0. The predicted octanol–water partition coefficient (Wildman–Crippen LogP) is 0.784. The maximum Gasteiger partial charge on any atom is 0.319 e. The molecule has 0 unspecified atom stereocenters. The summed E-state index contributed by atoms with van der Waals surface area (Å²) in [6.07, 6.45) is 0. The highest BCUT2D eigenvalue weighted by Crippen LogP contribution is 2.19. The zero-order valence-corrected chi connectivity index (χ0v) is 10.5. The molecule has 0 aromatic heterocycles. The Morgan fingerprint density at radius 1 is 1.41 bits per heavy atom. The average molecular weight is 257 g/mol. The Hall–Kier alpha value is -1.60. The number of rotatable bonds is 3. The largest absolute Gasteiger partial charge is 0.338 e. The minimum absolute atomic E-state index is 0.0325. The van der Waals surface area contributed by atoms with E-state index >= 15 is 0 Å². The van der Waals surface area contributed by atoms with Crippen LogP contribution in [0.4, 0.5) is 10.5 Å². The van der Waals surface area contributed by atoms with Crippen LogP contribution in [0.5, 0.6) is 0 Å². The highest BCUT2D eigenvalue weighted by molar-refractivity contribution is 7.89. The van der Waals surface area contributed by atoms with Gasteiger partial charge in [0, 0.05) is 12.2 Å². The van der Waals surface area contributed by atoms with Gasteiger partial charge in [-0.1, -0.05) is 6.07 Å². The summed E-state index contributed by atoms with van der Waals surface area (Å²) in [6.45, 7) is 4.03. The van der Waals surface area contributed by atoms with Gasteiger partial charge in [0.05, 0.1) is 4.90 Å². The molecule has 1 aromatic rings. The quantitative estimate of drug-likeness (QED) is 0.745. The van der Waals surface area contributed by atoms with Crippen LogP contribution in [0.25, 0.3) is 0 Å². The second-order valence-corrected chi connectivity index (χ2v) is 5.07. The molecule has 0 saturated heterocycles. The summed E-state index contributed by atoms with van der Waals surface area (Å²) in [5.41, 5.74) is 1.17. The third-order valence-corrected chi connectivity index (χ3v) is 3.03. The lowest BCUT2D eigenvalue weighted by Gasteiger charge is -2.10. The number of nitrogens with two attached hydrogens (primary N) is 1. The molecule has 1 rings (SSSR count). The lowest BCUT2D eigenvalue weighted by Crippen LogP contribution is -2.28. The Labute approximate surface area is 100 Å². The number of hydrogen-bond acceptors (Lipinski definition) is 3. The Balaban J connectivity index is 3.03. The number of anilines is 1. The molecule has 7 heteroatoms. The standard InChI is InChI=1S/C10H15N3O3S/c1-3-12-10(14)13-9-6-8(17(11,15)16)5-4-7(9)2/h4-6H,3H2,1-2H3,(H2,11,15,16)(H2,12,13,14). The first-order valence-corrected chi connectivity index (χ1v) is 6.57. The minimum Gasteiger partial charge on any atom is -0.338 e. The van der Waals surface area contributed by atoms with Gasteiger partial charge in [0.2, 0.25) is 10.0 Å². The summed E-state index contributed by atoms with van der Waals surface area (Å²) in [5.74, 6) is 0. The van der Waals surface area contributed by atoms with E-state index in [0.29, 0.717) is 12.2 Å². The van der Waals surface area contributed by atoms with Gasteiger partial charge in [-0.25, -0.2) is 18.4 Å².